The number of aliphatic hydroxyl groups is 2. The smallest absolute Gasteiger partial charge is 0.216 e. The van der Waals surface area contributed by atoms with E-state index >= 15 is 0 Å². The molecule has 3 rings (SSSR count). The van der Waals surface area contributed by atoms with Crippen LogP contribution in [0, 0.1) is 12.3 Å². The first-order valence-electron chi connectivity index (χ1n) is 6.57. The molecular formula is C15H20O4. The highest BCUT2D eigenvalue weighted by Gasteiger charge is 2.70. The Bertz CT molecular complexity index is 566. The number of ether oxygens (including phenoxy) is 1. The van der Waals surface area contributed by atoms with E-state index in [1.807, 2.05) is 20.8 Å². The third-order valence-corrected chi connectivity index (χ3v) is 5.55. The van der Waals surface area contributed by atoms with Gasteiger partial charge in [-0.1, -0.05) is 20.8 Å². The number of phenols is 1. The van der Waals surface area contributed by atoms with Crippen molar-refractivity contribution in [1.82, 2.24) is 0 Å². The maximum Gasteiger partial charge on any atom is 0.216 e. The van der Waals surface area contributed by atoms with Crippen LogP contribution in [0.15, 0.2) is 12.1 Å². The molecule has 1 saturated carbocycles. The minimum absolute atomic E-state index is 0.172. The Balaban J connectivity index is 2.33. The Morgan fingerprint density at radius 1 is 1.26 bits per heavy atom. The zero-order valence-electron chi connectivity index (χ0n) is 11.7. The molecule has 4 nitrogen and oxygen atoms in total. The molecule has 0 aromatic heterocycles. The molecule has 1 aliphatic carbocycles. The summed E-state index contributed by atoms with van der Waals surface area (Å²) in [6.45, 7) is 7.49. The van der Waals surface area contributed by atoms with E-state index in [-0.39, 0.29) is 12.2 Å². The van der Waals surface area contributed by atoms with Crippen LogP contribution in [0.3, 0.4) is 0 Å². The topological polar surface area (TPSA) is 69.9 Å². The summed E-state index contributed by atoms with van der Waals surface area (Å²) in [5.41, 5.74) is 0.157. The van der Waals surface area contributed by atoms with Crippen molar-refractivity contribution >= 4 is 0 Å². The van der Waals surface area contributed by atoms with Crippen molar-refractivity contribution in [2.75, 3.05) is 0 Å². The molecule has 1 fully saturated rings. The Morgan fingerprint density at radius 2 is 1.89 bits per heavy atom. The van der Waals surface area contributed by atoms with Crippen molar-refractivity contribution in [3.05, 3.63) is 23.3 Å². The van der Waals surface area contributed by atoms with E-state index in [9.17, 15) is 15.3 Å². The highest BCUT2D eigenvalue weighted by molar-refractivity contribution is 5.53. The minimum Gasteiger partial charge on any atom is -0.508 e. The quantitative estimate of drug-likeness (QED) is 0.668. The molecule has 2 bridgehead atoms. The maximum absolute atomic E-state index is 10.7. The van der Waals surface area contributed by atoms with Gasteiger partial charge in [-0.2, -0.15) is 0 Å². The van der Waals surface area contributed by atoms with Gasteiger partial charge < -0.3 is 20.1 Å². The monoisotopic (exact) mass is 264 g/mol. The first kappa shape index (κ1) is 12.8. The van der Waals surface area contributed by atoms with E-state index in [2.05, 4.69) is 0 Å². The Morgan fingerprint density at radius 3 is 2.53 bits per heavy atom. The van der Waals surface area contributed by atoms with Crippen LogP contribution >= 0.6 is 0 Å². The number of hydrogen-bond acceptors (Lipinski definition) is 4. The van der Waals surface area contributed by atoms with Crippen LogP contribution in [0.25, 0.3) is 0 Å². The minimum atomic E-state index is -1.38. The number of benzene rings is 1. The summed E-state index contributed by atoms with van der Waals surface area (Å²) in [5.74, 6) is -0.641. The molecule has 0 amide bonds. The van der Waals surface area contributed by atoms with Crippen LogP contribution < -0.4 is 4.74 Å². The van der Waals surface area contributed by atoms with Crippen molar-refractivity contribution < 1.29 is 20.1 Å². The van der Waals surface area contributed by atoms with Crippen molar-refractivity contribution in [2.24, 2.45) is 5.41 Å². The second-order valence-corrected chi connectivity index (χ2v) is 6.57. The predicted molar refractivity (Wildman–Crippen MR) is 70.2 cm³/mol. The Labute approximate surface area is 112 Å². The molecule has 1 heterocycles. The first-order chi connectivity index (χ1) is 8.63. The van der Waals surface area contributed by atoms with Gasteiger partial charge in [-0.3, -0.25) is 0 Å². The molecule has 1 aromatic rings. The molecule has 3 atom stereocenters. The van der Waals surface area contributed by atoms with E-state index in [1.54, 1.807) is 19.1 Å². The van der Waals surface area contributed by atoms with Gasteiger partial charge in [0.15, 0.2) is 0 Å². The molecule has 104 valence electrons. The normalized spacial score (nSPS) is 38.7. The van der Waals surface area contributed by atoms with Crippen molar-refractivity contribution in [2.45, 2.75) is 51.4 Å². The zero-order valence-corrected chi connectivity index (χ0v) is 11.7. The van der Waals surface area contributed by atoms with E-state index in [1.165, 1.54) is 0 Å². The third kappa shape index (κ3) is 1.21. The van der Waals surface area contributed by atoms with Crippen LogP contribution in [0.1, 0.15) is 38.3 Å². The lowest BCUT2D eigenvalue weighted by Gasteiger charge is -2.50. The Hall–Kier alpha value is -1.26. The molecule has 2 aliphatic rings. The highest BCUT2D eigenvalue weighted by Crippen LogP contribution is 2.64. The van der Waals surface area contributed by atoms with Crippen LogP contribution in [-0.4, -0.2) is 27.2 Å². The van der Waals surface area contributed by atoms with E-state index in [4.69, 9.17) is 4.74 Å². The van der Waals surface area contributed by atoms with E-state index in [0.29, 0.717) is 11.3 Å². The molecule has 0 radical (unpaired) electrons. The molecule has 0 saturated heterocycles. The van der Waals surface area contributed by atoms with Gasteiger partial charge in [0.2, 0.25) is 5.79 Å². The van der Waals surface area contributed by atoms with Gasteiger partial charge in [-0.05, 0) is 24.6 Å². The Kier molecular flexibility index (Phi) is 2.18. The average molecular weight is 264 g/mol. The highest BCUT2D eigenvalue weighted by atomic mass is 16.6. The average Bonchev–Trinajstić information content (AvgIpc) is 2.38. The van der Waals surface area contributed by atoms with Gasteiger partial charge in [0.1, 0.15) is 11.5 Å². The first-order valence-corrected chi connectivity index (χ1v) is 6.57. The van der Waals surface area contributed by atoms with Crippen molar-refractivity contribution in [1.29, 1.82) is 0 Å². The lowest BCUT2D eigenvalue weighted by molar-refractivity contribution is -0.215. The number of aromatic hydroxyl groups is 1. The van der Waals surface area contributed by atoms with Gasteiger partial charge in [0.25, 0.3) is 0 Å². The number of aryl methyl sites for hydroxylation is 1. The fourth-order valence-corrected chi connectivity index (χ4v) is 3.57. The zero-order chi connectivity index (χ0) is 14.2. The summed E-state index contributed by atoms with van der Waals surface area (Å²) >= 11 is 0. The van der Waals surface area contributed by atoms with Crippen LogP contribution in [0.4, 0.5) is 0 Å². The summed E-state index contributed by atoms with van der Waals surface area (Å²) in [4.78, 5) is 0. The van der Waals surface area contributed by atoms with Gasteiger partial charge in [-0.15, -0.1) is 0 Å². The molecule has 4 heteroatoms. The van der Waals surface area contributed by atoms with Crippen LogP contribution in [0.2, 0.25) is 0 Å². The van der Waals surface area contributed by atoms with Crippen LogP contribution in [0.5, 0.6) is 11.5 Å². The predicted octanol–water partition coefficient (Wildman–Crippen LogP) is 1.83. The summed E-state index contributed by atoms with van der Waals surface area (Å²) in [7, 11) is 0. The SMILES string of the molecule is Cc1cc2c(cc1O)[C@]1(C)[C@H](O)C[C@@](O)(O2)C1(C)C. The lowest BCUT2D eigenvalue weighted by Crippen LogP contribution is -2.56. The number of hydrogen-bond donors (Lipinski definition) is 3. The molecule has 19 heavy (non-hydrogen) atoms. The van der Waals surface area contributed by atoms with E-state index in [0.717, 1.165) is 5.56 Å². The van der Waals surface area contributed by atoms with Gasteiger partial charge in [0, 0.05) is 22.8 Å². The molecular weight excluding hydrogens is 244 g/mol. The number of fused-ring (bicyclic) bond motifs is 4. The summed E-state index contributed by atoms with van der Waals surface area (Å²) in [6, 6.07) is 3.38. The second kappa shape index (κ2) is 3.25. The third-order valence-electron chi connectivity index (χ3n) is 5.55. The van der Waals surface area contributed by atoms with Crippen molar-refractivity contribution in [3.8, 4) is 11.5 Å². The largest absolute Gasteiger partial charge is 0.508 e. The molecule has 1 aromatic carbocycles. The molecule has 1 aliphatic heterocycles. The maximum atomic E-state index is 10.7. The molecule has 0 spiro atoms. The number of phenolic OH excluding ortho intramolecular Hbond substituents is 1. The van der Waals surface area contributed by atoms with Gasteiger partial charge >= 0.3 is 0 Å². The van der Waals surface area contributed by atoms with Crippen molar-refractivity contribution in [3.63, 3.8) is 0 Å². The summed E-state index contributed by atoms with van der Waals surface area (Å²) in [5, 5.41) is 31.1. The standard InChI is InChI=1S/C15H20O4/c1-8-5-11-9(6-10(8)16)14(4)12(17)7-15(18,19-11)13(14,2)3/h5-6,12,16-18H,7H2,1-4H3/t12-,14-,15-/m1/s1. The lowest BCUT2D eigenvalue weighted by atomic mass is 9.61. The van der Waals surface area contributed by atoms with E-state index < -0.39 is 22.7 Å². The summed E-state index contributed by atoms with van der Waals surface area (Å²) in [6.07, 6.45) is -0.541. The van der Waals surface area contributed by atoms with Gasteiger partial charge in [-0.25, -0.2) is 0 Å². The van der Waals surface area contributed by atoms with Crippen LogP contribution in [-0.2, 0) is 5.41 Å². The number of rotatable bonds is 0. The fourth-order valence-electron chi connectivity index (χ4n) is 3.57. The fraction of sp³-hybridized carbons (Fsp3) is 0.600. The summed E-state index contributed by atoms with van der Waals surface area (Å²) < 4.78 is 5.78. The second-order valence-electron chi connectivity index (χ2n) is 6.57. The molecule has 0 unspecified atom stereocenters. The number of aliphatic hydroxyl groups excluding tert-OH is 1. The molecule has 3 N–H and O–H groups in total. The van der Waals surface area contributed by atoms with Gasteiger partial charge in [0.05, 0.1) is 6.10 Å².